The van der Waals surface area contributed by atoms with E-state index in [0.717, 1.165) is 12.8 Å². The number of primary amides is 1. The SMILES string of the molecule is CC1CCCC(OCC(O)CNC(C)(C)C(N)=O)C1. The Kier molecular flexibility index (Phi) is 6.23. The molecule has 3 atom stereocenters. The minimum atomic E-state index is -0.805. The summed E-state index contributed by atoms with van der Waals surface area (Å²) in [5.74, 6) is 0.282. The van der Waals surface area contributed by atoms with Crippen molar-refractivity contribution in [3.05, 3.63) is 0 Å². The lowest BCUT2D eigenvalue weighted by Crippen LogP contribution is -2.53. The molecule has 5 nitrogen and oxygen atoms in total. The highest BCUT2D eigenvalue weighted by atomic mass is 16.5. The van der Waals surface area contributed by atoms with Crippen molar-refractivity contribution in [3.63, 3.8) is 0 Å². The molecular weight excluding hydrogens is 244 g/mol. The fourth-order valence-electron chi connectivity index (χ4n) is 2.30. The van der Waals surface area contributed by atoms with Crippen molar-refractivity contribution in [1.29, 1.82) is 0 Å². The fourth-order valence-corrected chi connectivity index (χ4v) is 2.30. The lowest BCUT2D eigenvalue weighted by atomic mass is 9.89. The number of amides is 1. The van der Waals surface area contributed by atoms with Gasteiger partial charge in [-0.15, -0.1) is 0 Å². The summed E-state index contributed by atoms with van der Waals surface area (Å²) in [6.07, 6.45) is 4.29. The first kappa shape index (κ1) is 16.4. The Hall–Kier alpha value is -0.650. The molecule has 0 spiro atoms. The third-order valence-electron chi connectivity index (χ3n) is 3.81. The largest absolute Gasteiger partial charge is 0.389 e. The first-order valence-electron chi connectivity index (χ1n) is 7.16. The van der Waals surface area contributed by atoms with E-state index in [1.54, 1.807) is 13.8 Å². The Morgan fingerprint density at radius 1 is 1.53 bits per heavy atom. The van der Waals surface area contributed by atoms with Gasteiger partial charge in [0.05, 0.1) is 24.4 Å². The molecule has 1 rings (SSSR count). The number of β-amino-alcohol motifs (C(OH)–C–C–N with tert-alkyl or cyclic N) is 1. The second-order valence-corrected chi connectivity index (χ2v) is 6.25. The van der Waals surface area contributed by atoms with Gasteiger partial charge in [0.2, 0.25) is 5.91 Å². The van der Waals surface area contributed by atoms with Crippen molar-refractivity contribution < 1.29 is 14.6 Å². The smallest absolute Gasteiger partial charge is 0.237 e. The van der Waals surface area contributed by atoms with Gasteiger partial charge in [-0.3, -0.25) is 4.79 Å². The third kappa shape index (κ3) is 5.89. The molecule has 0 aromatic heterocycles. The van der Waals surface area contributed by atoms with Crippen LogP contribution < -0.4 is 11.1 Å². The van der Waals surface area contributed by atoms with Gasteiger partial charge >= 0.3 is 0 Å². The number of nitrogens with two attached hydrogens (primary N) is 1. The van der Waals surface area contributed by atoms with E-state index in [1.807, 2.05) is 0 Å². The Labute approximate surface area is 115 Å². The lowest BCUT2D eigenvalue weighted by Gasteiger charge is -2.28. The highest BCUT2D eigenvalue weighted by Crippen LogP contribution is 2.25. The zero-order chi connectivity index (χ0) is 14.5. The first-order chi connectivity index (χ1) is 8.81. The van der Waals surface area contributed by atoms with E-state index in [2.05, 4.69) is 12.2 Å². The molecule has 0 aliphatic heterocycles. The minimum Gasteiger partial charge on any atom is -0.389 e. The number of ether oxygens (including phenoxy) is 1. The van der Waals surface area contributed by atoms with Crippen LogP contribution in [0.25, 0.3) is 0 Å². The van der Waals surface area contributed by atoms with Crippen molar-refractivity contribution in [2.75, 3.05) is 13.2 Å². The Morgan fingerprint density at radius 3 is 2.79 bits per heavy atom. The van der Waals surface area contributed by atoms with Crippen LogP contribution in [-0.2, 0) is 9.53 Å². The topological polar surface area (TPSA) is 84.6 Å². The van der Waals surface area contributed by atoms with E-state index in [9.17, 15) is 9.90 Å². The molecule has 1 amide bonds. The van der Waals surface area contributed by atoms with Crippen LogP contribution in [0.4, 0.5) is 0 Å². The molecule has 1 fully saturated rings. The van der Waals surface area contributed by atoms with Gasteiger partial charge in [0, 0.05) is 6.54 Å². The van der Waals surface area contributed by atoms with Gasteiger partial charge < -0.3 is 20.9 Å². The van der Waals surface area contributed by atoms with Gasteiger partial charge in [-0.1, -0.05) is 19.8 Å². The van der Waals surface area contributed by atoms with E-state index >= 15 is 0 Å². The first-order valence-corrected chi connectivity index (χ1v) is 7.16. The second kappa shape index (κ2) is 7.22. The summed E-state index contributed by atoms with van der Waals surface area (Å²) in [6, 6.07) is 0. The molecule has 1 aliphatic rings. The van der Waals surface area contributed by atoms with Gasteiger partial charge in [0.15, 0.2) is 0 Å². The van der Waals surface area contributed by atoms with Crippen LogP contribution in [0.1, 0.15) is 46.5 Å². The maximum atomic E-state index is 11.1. The van der Waals surface area contributed by atoms with Crippen LogP contribution in [0.2, 0.25) is 0 Å². The second-order valence-electron chi connectivity index (χ2n) is 6.25. The predicted molar refractivity (Wildman–Crippen MR) is 74.7 cm³/mol. The number of carbonyl (C=O) groups is 1. The maximum absolute atomic E-state index is 11.1. The maximum Gasteiger partial charge on any atom is 0.237 e. The zero-order valence-corrected chi connectivity index (χ0v) is 12.3. The molecule has 5 heteroatoms. The normalized spacial score (nSPS) is 26.1. The van der Waals surface area contributed by atoms with Crippen molar-refractivity contribution in [1.82, 2.24) is 5.32 Å². The van der Waals surface area contributed by atoms with Gasteiger partial charge in [-0.2, -0.15) is 0 Å². The van der Waals surface area contributed by atoms with Crippen molar-refractivity contribution in [3.8, 4) is 0 Å². The minimum absolute atomic E-state index is 0.266. The summed E-state index contributed by atoms with van der Waals surface area (Å²) < 4.78 is 5.73. The molecule has 4 N–H and O–H groups in total. The summed E-state index contributed by atoms with van der Waals surface area (Å²) in [4.78, 5) is 11.1. The summed E-state index contributed by atoms with van der Waals surface area (Å²) >= 11 is 0. The molecule has 0 heterocycles. The highest BCUT2D eigenvalue weighted by molar-refractivity contribution is 5.83. The average molecular weight is 272 g/mol. The number of aliphatic hydroxyl groups excluding tert-OH is 1. The molecular formula is C14H28N2O3. The molecule has 19 heavy (non-hydrogen) atoms. The van der Waals surface area contributed by atoms with Gasteiger partial charge in [-0.05, 0) is 32.6 Å². The van der Waals surface area contributed by atoms with E-state index < -0.39 is 17.6 Å². The Balaban J connectivity index is 2.20. The van der Waals surface area contributed by atoms with E-state index in [1.165, 1.54) is 12.8 Å². The molecule has 0 aromatic carbocycles. The number of hydrogen-bond acceptors (Lipinski definition) is 4. The summed E-state index contributed by atoms with van der Waals surface area (Å²) in [5, 5.41) is 12.8. The molecule has 0 radical (unpaired) electrons. The van der Waals surface area contributed by atoms with E-state index in [4.69, 9.17) is 10.5 Å². The fraction of sp³-hybridized carbons (Fsp3) is 0.929. The number of carbonyl (C=O) groups excluding carboxylic acids is 1. The van der Waals surface area contributed by atoms with Gasteiger partial charge in [-0.25, -0.2) is 0 Å². The molecule has 112 valence electrons. The molecule has 3 unspecified atom stereocenters. The average Bonchev–Trinajstić information content (AvgIpc) is 2.34. The van der Waals surface area contributed by atoms with Crippen LogP contribution in [0.15, 0.2) is 0 Å². The zero-order valence-electron chi connectivity index (χ0n) is 12.3. The summed E-state index contributed by atoms with van der Waals surface area (Å²) in [5.41, 5.74) is 4.44. The number of aliphatic hydroxyl groups is 1. The van der Waals surface area contributed by atoms with E-state index in [-0.39, 0.29) is 6.10 Å². The van der Waals surface area contributed by atoms with Crippen LogP contribution in [0.5, 0.6) is 0 Å². The summed E-state index contributed by atoms with van der Waals surface area (Å²) in [6.45, 7) is 6.25. The number of nitrogens with one attached hydrogen (secondary N) is 1. The molecule has 1 saturated carbocycles. The monoisotopic (exact) mass is 272 g/mol. The lowest BCUT2D eigenvalue weighted by molar-refractivity contribution is -0.123. The quantitative estimate of drug-likeness (QED) is 0.640. The molecule has 1 aliphatic carbocycles. The number of rotatable bonds is 7. The van der Waals surface area contributed by atoms with Crippen molar-refractivity contribution in [2.45, 2.75) is 64.2 Å². The van der Waals surface area contributed by atoms with Crippen molar-refractivity contribution >= 4 is 5.91 Å². The predicted octanol–water partition coefficient (Wildman–Crippen LogP) is 0.796. The van der Waals surface area contributed by atoms with Crippen LogP contribution in [-0.4, -0.2) is 41.9 Å². The van der Waals surface area contributed by atoms with Crippen LogP contribution in [0, 0.1) is 5.92 Å². The van der Waals surface area contributed by atoms with Gasteiger partial charge in [0.1, 0.15) is 0 Å². The molecule has 0 aromatic rings. The van der Waals surface area contributed by atoms with E-state index in [0.29, 0.717) is 19.1 Å². The van der Waals surface area contributed by atoms with Crippen LogP contribution in [0.3, 0.4) is 0 Å². The highest BCUT2D eigenvalue weighted by Gasteiger charge is 2.25. The van der Waals surface area contributed by atoms with Crippen LogP contribution >= 0.6 is 0 Å². The molecule has 0 bridgehead atoms. The standard InChI is InChI=1S/C14H28N2O3/c1-10-5-4-6-12(7-10)19-9-11(17)8-16-14(2,3)13(15)18/h10-12,16-17H,4-9H2,1-3H3,(H2,15,18). The van der Waals surface area contributed by atoms with Gasteiger partial charge in [0.25, 0.3) is 0 Å². The molecule has 0 saturated heterocycles. The summed E-state index contributed by atoms with van der Waals surface area (Å²) in [7, 11) is 0. The Morgan fingerprint density at radius 2 is 2.21 bits per heavy atom. The third-order valence-corrected chi connectivity index (χ3v) is 3.81. The van der Waals surface area contributed by atoms with Crippen molar-refractivity contribution in [2.24, 2.45) is 11.7 Å². The number of hydrogen-bond donors (Lipinski definition) is 3. The Bertz CT molecular complexity index is 294.